The number of rotatable bonds is 8. The molecule has 182 valence electrons. The van der Waals surface area contributed by atoms with Gasteiger partial charge >= 0.3 is 12.1 Å². The number of methoxy groups -OCH3 is 1. The maximum atomic E-state index is 12.9. The monoisotopic (exact) mass is 474 g/mol. The minimum Gasteiger partial charge on any atom is -0.497 e. The van der Waals surface area contributed by atoms with Gasteiger partial charge in [-0.3, -0.25) is 0 Å². The van der Waals surface area contributed by atoms with Crippen LogP contribution in [0.2, 0.25) is 0 Å². The number of benzene rings is 3. The molecule has 1 heterocycles. The molecule has 3 atom stereocenters. The Labute approximate surface area is 205 Å². The number of carbonyl (C=O) groups is 2. The molecule has 0 bridgehead atoms. The fraction of sp³-hybridized carbons (Fsp3) is 0.286. The van der Waals surface area contributed by atoms with Crippen LogP contribution in [0.5, 0.6) is 11.5 Å². The highest BCUT2D eigenvalue weighted by molar-refractivity contribution is 5.87. The van der Waals surface area contributed by atoms with E-state index in [9.17, 15) is 9.59 Å². The summed E-state index contributed by atoms with van der Waals surface area (Å²) in [5, 5.41) is 12.7. The van der Waals surface area contributed by atoms with Crippen LogP contribution in [-0.2, 0) is 0 Å². The van der Waals surface area contributed by atoms with Gasteiger partial charge in [0.1, 0.15) is 11.5 Å². The van der Waals surface area contributed by atoms with Crippen molar-refractivity contribution < 1.29 is 24.2 Å². The number of likely N-dealkylation sites (tertiary alicyclic amines) is 1. The lowest BCUT2D eigenvalue weighted by Crippen LogP contribution is -2.33. The fourth-order valence-electron chi connectivity index (χ4n) is 4.49. The first-order valence-corrected chi connectivity index (χ1v) is 11.7. The normalized spacial score (nSPS) is 18.2. The van der Waals surface area contributed by atoms with Crippen molar-refractivity contribution in [1.82, 2.24) is 10.2 Å². The van der Waals surface area contributed by atoms with Crippen LogP contribution in [-0.4, -0.2) is 48.8 Å². The summed E-state index contributed by atoms with van der Waals surface area (Å²) in [6.45, 7) is 3.96. The third-order valence-corrected chi connectivity index (χ3v) is 6.51. The number of nitrogens with zero attached hydrogens (tertiary/aromatic N) is 1. The smallest absolute Gasteiger partial charge is 0.415 e. The van der Waals surface area contributed by atoms with Crippen LogP contribution >= 0.6 is 0 Å². The number of ether oxygens (including phenoxy) is 2. The molecule has 3 aromatic carbocycles. The minimum atomic E-state index is -1.02. The number of carboxylic acid groups (broad SMARTS) is 1. The summed E-state index contributed by atoms with van der Waals surface area (Å²) in [5.41, 5.74) is 2.47. The molecule has 35 heavy (non-hydrogen) atoms. The van der Waals surface area contributed by atoms with Gasteiger partial charge in [0.25, 0.3) is 0 Å². The van der Waals surface area contributed by atoms with Gasteiger partial charge in [-0.25, -0.2) is 9.59 Å². The molecule has 2 N–H and O–H groups in total. The van der Waals surface area contributed by atoms with Crippen LogP contribution in [0.25, 0.3) is 0 Å². The van der Waals surface area contributed by atoms with Crippen LogP contribution in [0.15, 0.2) is 78.9 Å². The second-order valence-corrected chi connectivity index (χ2v) is 8.79. The molecule has 3 aromatic rings. The summed E-state index contributed by atoms with van der Waals surface area (Å²) >= 11 is 0. The first kappa shape index (κ1) is 24.3. The van der Waals surface area contributed by atoms with Crippen molar-refractivity contribution in [3.63, 3.8) is 0 Å². The number of hydrogen-bond donors (Lipinski definition) is 2. The Balaban J connectivity index is 1.44. The maximum Gasteiger partial charge on any atom is 0.415 e. The van der Waals surface area contributed by atoms with E-state index in [0.717, 1.165) is 17.9 Å². The Morgan fingerprint density at radius 1 is 1.00 bits per heavy atom. The maximum absolute atomic E-state index is 12.9. The van der Waals surface area contributed by atoms with Crippen LogP contribution in [0.4, 0.5) is 4.79 Å². The number of nitrogens with one attached hydrogen (secondary N) is 1. The van der Waals surface area contributed by atoms with Gasteiger partial charge in [0.15, 0.2) is 0 Å². The van der Waals surface area contributed by atoms with Crippen molar-refractivity contribution in [2.45, 2.75) is 18.9 Å². The van der Waals surface area contributed by atoms with Gasteiger partial charge in [0.2, 0.25) is 0 Å². The molecule has 0 unspecified atom stereocenters. The molecular formula is C28H30N2O5. The second kappa shape index (κ2) is 11.1. The molecule has 1 fully saturated rings. The summed E-state index contributed by atoms with van der Waals surface area (Å²) in [6.07, 6.45) is -0.433. The molecular weight excluding hydrogens is 444 g/mol. The van der Waals surface area contributed by atoms with E-state index in [1.807, 2.05) is 36.4 Å². The first-order chi connectivity index (χ1) is 16.9. The van der Waals surface area contributed by atoms with Gasteiger partial charge in [0, 0.05) is 31.6 Å². The van der Waals surface area contributed by atoms with E-state index >= 15 is 0 Å². The van der Waals surface area contributed by atoms with Gasteiger partial charge in [-0.15, -0.1) is 0 Å². The summed E-state index contributed by atoms with van der Waals surface area (Å²) < 4.78 is 10.9. The highest BCUT2D eigenvalue weighted by Gasteiger charge is 2.37. The number of hydrogen-bond acceptors (Lipinski definition) is 5. The topological polar surface area (TPSA) is 88.1 Å². The summed E-state index contributed by atoms with van der Waals surface area (Å²) in [7, 11) is 1.66. The summed E-state index contributed by atoms with van der Waals surface area (Å²) in [6, 6.07) is 24.2. The number of amides is 1. The van der Waals surface area contributed by atoms with Crippen molar-refractivity contribution in [2.24, 2.45) is 5.92 Å². The highest BCUT2D eigenvalue weighted by atomic mass is 16.6. The van der Waals surface area contributed by atoms with Crippen LogP contribution in [0.1, 0.15) is 40.4 Å². The van der Waals surface area contributed by atoms with Gasteiger partial charge < -0.3 is 24.8 Å². The average molecular weight is 475 g/mol. The standard InChI is InChI=1S/C28H30N2O5/c1-19(22-9-6-10-25(15-22)34-2)29-16-23-17-30(18-26(23)20-7-4-3-5-8-20)28(33)35-24-13-11-21(12-14-24)27(31)32/h3-15,19,23,26,29H,16-18H2,1-2H3,(H,31,32)/t19-,23-,26-/m1/s1. The van der Waals surface area contributed by atoms with Gasteiger partial charge in [-0.2, -0.15) is 0 Å². The Morgan fingerprint density at radius 3 is 2.43 bits per heavy atom. The SMILES string of the molecule is COc1cccc([C@@H](C)NC[C@@H]2CN(C(=O)Oc3ccc(C(=O)O)cc3)C[C@@H]2c2ccccc2)c1. The molecule has 0 radical (unpaired) electrons. The van der Waals surface area contributed by atoms with Crippen molar-refractivity contribution >= 4 is 12.1 Å². The molecule has 1 amide bonds. The van der Waals surface area contributed by atoms with Crippen LogP contribution in [0, 0.1) is 5.92 Å². The molecule has 0 saturated carbocycles. The Morgan fingerprint density at radius 2 is 1.74 bits per heavy atom. The summed E-state index contributed by atoms with van der Waals surface area (Å²) in [4.78, 5) is 25.7. The highest BCUT2D eigenvalue weighted by Crippen LogP contribution is 2.33. The first-order valence-electron chi connectivity index (χ1n) is 11.7. The van der Waals surface area contributed by atoms with Crippen molar-refractivity contribution in [3.05, 3.63) is 95.6 Å². The zero-order chi connectivity index (χ0) is 24.8. The van der Waals surface area contributed by atoms with Gasteiger partial charge in [0.05, 0.1) is 12.7 Å². The molecule has 0 aliphatic carbocycles. The van der Waals surface area contributed by atoms with Gasteiger partial charge in [-0.1, -0.05) is 42.5 Å². The number of carboxylic acids is 1. The largest absolute Gasteiger partial charge is 0.497 e. The van der Waals surface area contributed by atoms with E-state index in [1.165, 1.54) is 29.8 Å². The predicted molar refractivity (Wildman–Crippen MR) is 133 cm³/mol. The Hall–Kier alpha value is -3.84. The van der Waals surface area contributed by atoms with E-state index < -0.39 is 12.1 Å². The molecule has 1 aliphatic rings. The van der Waals surface area contributed by atoms with Crippen LogP contribution in [0.3, 0.4) is 0 Å². The second-order valence-electron chi connectivity index (χ2n) is 8.79. The number of carbonyl (C=O) groups excluding carboxylic acids is 1. The van der Waals surface area contributed by atoms with Crippen molar-refractivity contribution in [3.8, 4) is 11.5 Å². The summed E-state index contributed by atoms with van der Waals surface area (Å²) in [5.74, 6) is 0.496. The third-order valence-electron chi connectivity index (χ3n) is 6.51. The lowest BCUT2D eigenvalue weighted by atomic mass is 9.88. The Bertz CT molecular complexity index is 1150. The minimum absolute atomic E-state index is 0.121. The lowest BCUT2D eigenvalue weighted by Gasteiger charge is -2.22. The fourth-order valence-corrected chi connectivity index (χ4v) is 4.49. The quantitative estimate of drug-likeness (QED) is 0.480. The predicted octanol–water partition coefficient (Wildman–Crippen LogP) is 4.96. The van der Waals surface area contributed by atoms with Crippen molar-refractivity contribution in [1.29, 1.82) is 0 Å². The van der Waals surface area contributed by atoms with E-state index in [1.54, 1.807) is 12.0 Å². The zero-order valence-electron chi connectivity index (χ0n) is 19.9. The van der Waals surface area contributed by atoms with E-state index in [-0.39, 0.29) is 23.4 Å². The van der Waals surface area contributed by atoms with Crippen LogP contribution < -0.4 is 14.8 Å². The zero-order valence-corrected chi connectivity index (χ0v) is 19.9. The van der Waals surface area contributed by atoms with Crippen molar-refractivity contribution in [2.75, 3.05) is 26.7 Å². The molecule has 1 aliphatic heterocycles. The number of aromatic carboxylic acids is 1. The third kappa shape index (κ3) is 6.00. The lowest BCUT2D eigenvalue weighted by molar-refractivity contribution is 0.0697. The molecule has 7 nitrogen and oxygen atoms in total. The molecule has 1 saturated heterocycles. The van der Waals surface area contributed by atoms with E-state index in [0.29, 0.717) is 18.8 Å². The average Bonchev–Trinajstić information content (AvgIpc) is 3.32. The van der Waals surface area contributed by atoms with E-state index in [2.05, 4.69) is 30.4 Å². The molecule has 0 spiro atoms. The van der Waals surface area contributed by atoms with Gasteiger partial charge in [-0.05, 0) is 60.4 Å². The molecule has 4 rings (SSSR count). The molecule has 0 aromatic heterocycles. The van der Waals surface area contributed by atoms with E-state index in [4.69, 9.17) is 14.6 Å². The Kier molecular flexibility index (Phi) is 7.67. The molecule has 7 heteroatoms.